The van der Waals surface area contributed by atoms with Crippen LogP contribution in [0.3, 0.4) is 0 Å². The van der Waals surface area contributed by atoms with Gasteiger partial charge < -0.3 is 5.73 Å². The average molecular weight is 277 g/mol. The second-order valence-electron chi connectivity index (χ2n) is 3.29. The van der Waals surface area contributed by atoms with E-state index in [0.29, 0.717) is 0 Å². The third-order valence-corrected chi connectivity index (χ3v) is 2.21. The molecular weight excluding hydrogens is 269 g/mol. The lowest BCUT2D eigenvalue weighted by molar-refractivity contribution is -0.428. The number of nitrogens with two attached hydrogens (primary N) is 1. The highest BCUT2D eigenvalue weighted by Crippen LogP contribution is 2.61. The highest BCUT2D eigenvalue weighted by atomic mass is 19.4. The molecule has 0 rings (SSSR count). The van der Waals surface area contributed by atoms with Crippen molar-refractivity contribution in [3.05, 3.63) is 0 Å². The van der Waals surface area contributed by atoms with Gasteiger partial charge >= 0.3 is 18.5 Å². The maximum atomic E-state index is 12.2. The fourth-order valence-electron chi connectivity index (χ4n) is 1.27. The summed E-state index contributed by atoms with van der Waals surface area (Å²) in [5.74, 6) is 0. The number of hydrogen-bond donors (Lipinski definition) is 1. The third-order valence-electron chi connectivity index (χ3n) is 2.21. The molecule has 0 fully saturated rings. The normalized spacial score (nSPS) is 15.2. The van der Waals surface area contributed by atoms with Gasteiger partial charge in [-0.25, -0.2) is 0 Å². The molecule has 10 heteroatoms. The summed E-state index contributed by atoms with van der Waals surface area (Å²) >= 11 is 0. The minimum Gasteiger partial charge on any atom is -0.330 e. The molecule has 0 saturated carbocycles. The Bertz CT molecular complexity index is 212. The zero-order chi connectivity index (χ0) is 14.1. The first-order chi connectivity index (χ1) is 7.31. The van der Waals surface area contributed by atoms with Crippen molar-refractivity contribution in [1.82, 2.24) is 0 Å². The average Bonchev–Trinajstić information content (AvgIpc) is 1.96. The van der Waals surface area contributed by atoms with Gasteiger partial charge in [0.15, 0.2) is 0 Å². The lowest BCUT2D eigenvalue weighted by Crippen LogP contribution is -2.59. The predicted molar refractivity (Wildman–Crippen MR) is 38.9 cm³/mol. The van der Waals surface area contributed by atoms with Gasteiger partial charge in [-0.05, 0) is 19.4 Å². The van der Waals surface area contributed by atoms with Crippen LogP contribution < -0.4 is 5.73 Å². The monoisotopic (exact) mass is 277 g/mol. The smallest absolute Gasteiger partial charge is 0.330 e. The molecule has 0 bridgehead atoms. The van der Waals surface area contributed by atoms with Crippen molar-refractivity contribution in [3.8, 4) is 0 Å². The maximum Gasteiger partial charge on any atom is 0.412 e. The molecule has 17 heavy (non-hydrogen) atoms. The van der Waals surface area contributed by atoms with Gasteiger partial charge in [0.05, 0.1) is 0 Å². The highest BCUT2D eigenvalue weighted by molar-refractivity contribution is 4.99. The first kappa shape index (κ1) is 16.3. The Kier molecular flexibility index (Phi) is 4.36. The van der Waals surface area contributed by atoms with E-state index in [9.17, 15) is 39.5 Å². The Hall–Kier alpha value is -0.670. The van der Waals surface area contributed by atoms with E-state index in [1.807, 2.05) is 0 Å². The Balaban J connectivity index is 5.75. The van der Waals surface area contributed by atoms with Crippen LogP contribution in [0.25, 0.3) is 0 Å². The van der Waals surface area contributed by atoms with Gasteiger partial charge in [-0.3, -0.25) is 0 Å². The van der Waals surface area contributed by atoms with Crippen LogP contribution in [0.15, 0.2) is 0 Å². The van der Waals surface area contributed by atoms with Gasteiger partial charge in [0.2, 0.25) is 0 Å². The Morgan fingerprint density at radius 3 is 1.12 bits per heavy atom. The van der Waals surface area contributed by atoms with E-state index in [1.54, 1.807) is 0 Å². The summed E-state index contributed by atoms with van der Waals surface area (Å²) in [4.78, 5) is 0. The van der Waals surface area contributed by atoms with Gasteiger partial charge in [0, 0.05) is 0 Å². The summed E-state index contributed by atoms with van der Waals surface area (Å²) in [6, 6.07) is 0. The van der Waals surface area contributed by atoms with Crippen molar-refractivity contribution in [2.24, 2.45) is 11.1 Å². The van der Waals surface area contributed by atoms with Crippen molar-refractivity contribution in [1.29, 1.82) is 0 Å². The molecule has 0 unspecified atom stereocenters. The molecular formula is C7H8F9N. The summed E-state index contributed by atoms with van der Waals surface area (Å²) in [6.45, 7) is -0.704. The summed E-state index contributed by atoms with van der Waals surface area (Å²) in [6.07, 6.45) is -22.6. The predicted octanol–water partition coefficient (Wildman–Crippen LogP) is 3.40. The summed E-state index contributed by atoms with van der Waals surface area (Å²) in [5, 5.41) is 0. The Morgan fingerprint density at radius 1 is 0.647 bits per heavy atom. The van der Waals surface area contributed by atoms with E-state index in [4.69, 9.17) is 0 Å². The SMILES string of the molecule is NCCCC(C(F)(F)F)(C(F)(F)F)C(F)(F)F. The Morgan fingerprint density at radius 2 is 0.941 bits per heavy atom. The fraction of sp³-hybridized carbons (Fsp3) is 1.00. The minimum atomic E-state index is -6.47. The summed E-state index contributed by atoms with van der Waals surface area (Å²) in [7, 11) is 0. The van der Waals surface area contributed by atoms with Gasteiger partial charge in [-0.1, -0.05) is 0 Å². The van der Waals surface area contributed by atoms with E-state index >= 15 is 0 Å². The summed E-state index contributed by atoms with van der Waals surface area (Å²) in [5.41, 5.74) is -1.05. The first-order valence-electron chi connectivity index (χ1n) is 4.21. The molecule has 2 N–H and O–H groups in total. The van der Waals surface area contributed by atoms with Gasteiger partial charge in [-0.2, -0.15) is 39.5 Å². The molecule has 0 amide bonds. The lowest BCUT2D eigenvalue weighted by Gasteiger charge is -2.38. The van der Waals surface area contributed by atoms with Crippen LogP contribution in [0.4, 0.5) is 39.5 Å². The van der Waals surface area contributed by atoms with Crippen LogP contribution in [0.1, 0.15) is 12.8 Å². The van der Waals surface area contributed by atoms with Crippen LogP contribution >= 0.6 is 0 Å². The van der Waals surface area contributed by atoms with Crippen molar-refractivity contribution >= 4 is 0 Å². The molecule has 104 valence electrons. The van der Waals surface area contributed by atoms with Crippen molar-refractivity contribution in [2.75, 3.05) is 6.54 Å². The van der Waals surface area contributed by atoms with Crippen molar-refractivity contribution in [3.63, 3.8) is 0 Å². The molecule has 0 aromatic rings. The largest absolute Gasteiger partial charge is 0.412 e. The molecule has 0 aliphatic heterocycles. The third kappa shape index (κ3) is 2.78. The molecule has 0 aliphatic rings. The number of alkyl halides is 9. The molecule has 0 atom stereocenters. The van der Waals surface area contributed by atoms with Crippen molar-refractivity contribution in [2.45, 2.75) is 31.4 Å². The van der Waals surface area contributed by atoms with Crippen LogP contribution in [0.5, 0.6) is 0 Å². The zero-order valence-corrected chi connectivity index (χ0v) is 8.10. The molecule has 0 aromatic heterocycles. The number of hydrogen-bond acceptors (Lipinski definition) is 1. The van der Waals surface area contributed by atoms with E-state index < -0.39 is 43.3 Å². The van der Waals surface area contributed by atoms with E-state index in [0.717, 1.165) is 0 Å². The molecule has 1 nitrogen and oxygen atoms in total. The van der Waals surface area contributed by atoms with E-state index in [-0.39, 0.29) is 0 Å². The quantitative estimate of drug-likeness (QED) is 0.786. The second kappa shape index (κ2) is 4.54. The van der Waals surface area contributed by atoms with E-state index in [2.05, 4.69) is 5.73 Å². The fourth-order valence-corrected chi connectivity index (χ4v) is 1.27. The summed E-state index contributed by atoms with van der Waals surface area (Å²) < 4.78 is 110. The van der Waals surface area contributed by atoms with Gasteiger partial charge in [0.25, 0.3) is 5.41 Å². The van der Waals surface area contributed by atoms with Crippen molar-refractivity contribution < 1.29 is 39.5 Å². The lowest BCUT2D eigenvalue weighted by atomic mass is 9.80. The zero-order valence-electron chi connectivity index (χ0n) is 8.10. The maximum absolute atomic E-state index is 12.2. The number of rotatable bonds is 3. The van der Waals surface area contributed by atoms with Crippen LogP contribution in [0, 0.1) is 5.41 Å². The molecule has 0 aromatic carbocycles. The highest BCUT2D eigenvalue weighted by Gasteiger charge is 2.82. The molecule has 0 spiro atoms. The minimum absolute atomic E-state index is 0.704. The molecule has 0 radical (unpaired) electrons. The topological polar surface area (TPSA) is 26.0 Å². The van der Waals surface area contributed by atoms with Crippen LogP contribution in [0.2, 0.25) is 0 Å². The number of halogens is 9. The van der Waals surface area contributed by atoms with Crippen LogP contribution in [-0.4, -0.2) is 25.1 Å². The first-order valence-corrected chi connectivity index (χ1v) is 4.21. The molecule has 0 heterocycles. The van der Waals surface area contributed by atoms with Crippen LogP contribution in [-0.2, 0) is 0 Å². The Labute approximate surface area is 89.8 Å². The molecule has 0 saturated heterocycles. The second-order valence-corrected chi connectivity index (χ2v) is 3.29. The standard InChI is InChI=1S/C7H8F9N/c8-5(9,10)4(2-1-3-17,6(11,12)13)7(14,15)16/h1-3,17H2. The van der Waals surface area contributed by atoms with E-state index in [1.165, 1.54) is 0 Å². The van der Waals surface area contributed by atoms with Gasteiger partial charge in [-0.15, -0.1) is 0 Å². The molecule has 0 aliphatic carbocycles. The van der Waals surface area contributed by atoms with Gasteiger partial charge in [0.1, 0.15) is 0 Å².